The maximum absolute atomic E-state index is 5.74. The summed E-state index contributed by atoms with van der Waals surface area (Å²) in [6.45, 7) is 8.31. The lowest BCUT2D eigenvalue weighted by atomic mass is 9.97. The molecule has 0 saturated carbocycles. The van der Waals surface area contributed by atoms with E-state index in [-0.39, 0.29) is 11.6 Å². The molecule has 14 heavy (non-hydrogen) atoms. The van der Waals surface area contributed by atoms with Gasteiger partial charge in [-0.05, 0) is 27.2 Å². The van der Waals surface area contributed by atoms with E-state index < -0.39 is 0 Å². The second-order valence-corrected chi connectivity index (χ2v) is 4.47. The van der Waals surface area contributed by atoms with Crippen molar-refractivity contribution in [1.29, 1.82) is 0 Å². The van der Waals surface area contributed by atoms with Crippen LogP contribution in [0, 0.1) is 0 Å². The molecule has 1 rings (SSSR count). The van der Waals surface area contributed by atoms with Gasteiger partial charge in [0.2, 0.25) is 5.90 Å². The molecule has 1 unspecified atom stereocenters. The van der Waals surface area contributed by atoms with Crippen molar-refractivity contribution in [2.75, 3.05) is 0 Å². The van der Waals surface area contributed by atoms with E-state index >= 15 is 0 Å². The Kier molecular flexibility index (Phi) is 3.19. The van der Waals surface area contributed by atoms with Gasteiger partial charge in [-0.2, -0.15) is 0 Å². The fourth-order valence-corrected chi connectivity index (χ4v) is 1.65. The molecule has 0 amide bonds. The van der Waals surface area contributed by atoms with Crippen molar-refractivity contribution >= 4 is 5.90 Å². The molecule has 0 spiro atoms. The van der Waals surface area contributed by atoms with E-state index in [0.717, 1.165) is 18.5 Å². The topological polar surface area (TPSA) is 47.6 Å². The molecule has 0 aromatic carbocycles. The van der Waals surface area contributed by atoms with Crippen molar-refractivity contribution in [2.45, 2.75) is 52.2 Å². The van der Waals surface area contributed by atoms with E-state index in [1.165, 1.54) is 0 Å². The Morgan fingerprint density at radius 1 is 1.71 bits per heavy atom. The van der Waals surface area contributed by atoms with Crippen LogP contribution in [0.5, 0.6) is 0 Å². The molecule has 1 aliphatic heterocycles. The molecule has 0 aliphatic carbocycles. The minimum absolute atomic E-state index is 0.0302. The number of rotatable bonds is 2. The summed E-state index contributed by atoms with van der Waals surface area (Å²) in [5, 5.41) is 0. The highest BCUT2D eigenvalue weighted by Gasteiger charge is 2.27. The maximum Gasteiger partial charge on any atom is 0.211 e. The molecule has 3 heteroatoms. The van der Waals surface area contributed by atoms with E-state index in [1.54, 1.807) is 0 Å². The molecule has 1 heterocycles. The van der Waals surface area contributed by atoms with Crippen LogP contribution < -0.4 is 5.73 Å². The average Bonchev–Trinajstić information content (AvgIpc) is 1.99. The molecule has 80 valence electrons. The molecule has 0 aromatic rings. The zero-order valence-corrected chi connectivity index (χ0v) is 9.50. The fourth-order valence-electron chi connectivity index (χ4n) is 1.65. The SMILES string of the molecule is CC/C(N)=C\C1=NC(C)(C)CC(C)O1. The van der Waals surface area contributed by atoms with Crippen LogP contribution in [0.3, 0.4) is 0 Å². The van der Waals surface area contributed by atoms with Crippen LogP contribution in [-0.2, 0) is 4.74 Å². The summed E-state index contributed by atoms with van der Waals surface area (Å²) >= 11 is 0. The van der Waals surface area contributed by atoms with Gasteiger partial charge in [0.15, 0.2) is 0 Å². The molecule has 0 bridgehead atoms. The molecular formula is C11H20N2O. The summed E-state index contributed by atoms with van der Waals surface area (Å²) in [4.78, 5) is 4.49. The zero-order chi connectivity index (χ0) is 10.8. The summed E-state index contributed by atoms with van der Waals surface area (Å²) in [5.74, 6) is 0.674. The van der Waals surface area contributed by atoms with Crippen LogP contribution in [0.25, 0.3) is 0 Å². The highest BCUT2D eigenvalue weighted by atomic mass is 16.5. The van der Waals surface area contributed by atoms with Crippen molar-refractivity contribution in [3.8, 4) is 0 Å². The first-order valence-corrected chi connectivity index (χ1v) is 5.15. The Hall–Kier alpha value is -0.990. The van der Waals surface area contributed by atoms with Crippen molar-refractivity contribution in [1.82, 2.24) is 0 Å². The van der Waals surface area contributed by atoms with E-state index in [4.69, 9.17) is 10.5 Å². The fraction of sp³-hybridized carbons (Fsp3) is 0.727. The van der Waals surface area contributed by atoms with E-state index in [9.17, 15) is 0 Å². The maximum atomic E-state index is 5.74. The molecule has 1 atom stereocenters. The minimum atomic E-state index is -0.0302. The molecule has 0 saturated heterocycles. The van der Waals surface area contributed by atoms with Crippen molar-refractivity contribution < 1.29 is 4.74 Å². The normalized spacial score (nSPS) is 26.7. The third kappa shape index (κ3) is 3.05. The van der Waals surface area contributed by atoms with Gasteiger partial charge in [-0.1, -0.05) is 6.92 Å². The van der Waals surface area contributed by atoms with Crippen LogP contribution in [-0.4, -0.2) is 17.5 Å². The Morgan fingerprint density at radius 3 is 2.86 bits per heavy atom. The van der Waals surface area contributed by atoms with Crippen LogP contribution in [0.15, 0.2) is 16.8 Å². The van der Waals surface area contributed by atoms with Gasteiger partial charge in [0.05, 0.1) is 11.6 Å². The Bertz CT molecular complexity index is 266. The number of allylic oxidation sites excluding steroid dienone is 1. The quantitative estimate of drug-likeness (QED) is 0.736. The van der Waals surface area contributed by atoms with Crippen molar-refractivity contribution in [3.05, 3.63) is 11.8 Å². The highest BCUT2D eigenvalue weighted by molar-refractivity contribution is 5.89. The summed E-state index contributed by atoms with van der Waals surface area (Å²) < 4.78 is 5.59. The second kappa shape index (κ2) is 4.03. The lowest BCUT2D eigenvalue weighted by Crippen LogP contribution is -2.33. The number of ether oxygens (including phenoxy) is 1. The van der Waals surface area contributed by atoms with Gasteiger partial charge in [-0.25, -0.2) is 4.99 Å². The van der Waals surface area contributed by atoms with Crippen LogP contribution in [0.2, 0.25) is 0 Å². The first kappa shape index (κ1) is 11.1. The van der Waals surface area contributed by atoms with Crippen LogP contribution >= 0.6 is 0 Å². The van der Waals surface area contributed by atoms with Gasteiger partial charge >= 0.3 is 0 Å². The lowest BCUT2D eigenvalue weighted by molar-refractivity contribution is 0.147. The molecule has 0 fully saturated rings. The van der Waals surface area contributed by atoms with Crippen LogP contribution in [0.1, 0.15) is 40.5 Å². The van der Waals surface area contributed by atoms with E-state index in [0.29, 0.717) is 5.90 Å². The Labute approximate surface area is 86.0 Å². The zero-order valence-electron chi connectivity index (χ0n) is 9.50. The van der Waals surface area contributed by atoms with E-state index in [1.807, 2.05) is 13.0 Å². The third-order valence-electron chi connectivity index (χ3n) is 2.24. The molecule has 1 aliphatic rings. The molecular weight excluding hydrogens is 176 g/mol. The third-order valence-corrected chi connectivity index (χ3v) is 2.24. The predicted molar refractivity (Wildman–Crippen MR) is 59.2 cm³/mol. The van der Waals surface area contributed by atoms with Gasteiger partial charge in [0, 0.05) is 18.2 Å². The van der Waals surface area contributed by atoms with Crippen molar-refractivity contribution in [2.24, 2.45) is 10.7 Å². The summed E-state index contributed by atoms with van der Waals surface area (Å²) in [6, 6.07) is 0. The number of aliphatic imine (C=N–C) groups is 1. The summed E-state index contributed by atoms with van der Waals surface area (Å²) in [6.07, 6.45) is 3.84. The van der Waals surface area contributed by atoms with Gasteiger partial charge < -0.3 is 10.5 Å². The second-order valence-electron chi connectivity index (χ2n) is 4.47. The number of hydrogen-bond donors (Lipinski definition) is 1. The lowest BCUT2D eigenvalue weighted by Gasteiger charge is -2.30. The highest BCUT2D eigenvalue weighted by Crippen LogP contribution is 2.24. The number of hydrogen-bond acceptors (Lipinski definition) is 3. The Morgan fingerprint density at radius 2 is 2.36 bits per heavy atom. The van der Waals surface area contributed by atoms with Gasteiger partial charge in [-0.3, -0.25) is 0 Å². The van der Waals surface area contributed by atoms with Gasteiger partial charge in [-0.15, -0.1) is 0 Å². The standard InChI is InChI=1S/C11H20N2O/c1-5-9(12)6-10-13-11(3,4)7-8(2)14-10/h6,8H,5,7,12H2,1-4H3/b9-6+. The van der Waals surface area contributed by atoms with Crippen LogP contribution in [0.4, 0.5) is 0 Å². The van der Waals surface area contributed by atoms with Crippen molar-refractivity contribution in [3.63, 3.8) is 0 Å². The minimum Gasteiger partial charge on any atom is -0.475 e. The predicted octanol–water partition coefficient (Wildman–Crippen LogP) is 2.22. The summed E-state index contributed by atoms with van der Waals surface area (Å²) in [5.41, 5.74) is 6.52. The number of nitrogens with zero attached hydrogens (tertiary/aromatic N) is 1. The molecule has 3 nitrogen and oxygen atoms in total. The average molecular weight is 196 g/mol. The largest absolute Gasteiger partial charge is 0.475 e. The first-order valence-electron chi connectivity index (χ1n) is 5.15. The summed E-state index contributed by atoms with van der Waals surface area (Å²) in [7, 11) is 0. The van der Waals surface area contributed by atoms with Gasteiger partial charge in [0.1, 0.15) is 0 Å². The van der Waals surface area contributed by atoms with Gasteiger partial charge in [0.25, 0.3) is 0 Å². The van der Waals surface area contributed by atoms with E-state index in [2.05, 4.69) is 25.8 Å². The monoisotopic (exact) mass is 196 g/mol. The first-order chi connectivity index (χ1) is 6.43. The molecule has 0 aromatic heterocycles. The Balaban J connectivity index is 2.83. The number of nitrogens with two attached hydrogens (primary N) is 1. The molecule has 0 radical (unpaired) electrons. The molecule has 2 N–H and O–H groups in total. The smallest absolute Gasteiger partial charge is 0.211 e.